The quantitative estimate of drug-likeness (QED) is 0.169. The van der Waals surface area contributed by atoms with Crippen molar-refractivity contribution in [1.29, 1.82) is 0 Å². The average Bonchev–Trinajstić information content (AvgIpc) is 3.92. The Balaban J connectivity index is 0.00000567. The molecule has 0 aliphatic rings. The van der Waals surface area contributed by atoms with E-state index < -0.39 is 0 Å². The van der Waals surface area contributed by atoms with Gasteiger partial charge in [0.05, 0.1) is 27.9 Å². The molecule has 11 aromatic rings. The molecule has 3 aromatic heterocycles. The largest absolute Gasteiger partial charge is 0.507 e. The molecule has 3 heterocycles. The second-order valence-corrected chi connectivity index (χ2v) is 21.6. The van der Waals surface area contributed by atoms with E-state index in [4.69, 9.17) is 14.4 Å². The maximum atomic E-state index is 12.7. The molecule has 0 spiro atoms. The van der Waals surface area contributed by atoms with Crippen LogP contribution in [0.4, 0.5) is 0 Å². The molecule has 0 amide bonds. The van der Waals surface area contributed by atoms with Gasteiger partial charge in [0.25, 0.3) is 0 Å². The zero-order chi connectivity index (χ0) is 48.0. The monoisotopic (exact) mass is 1090 g/mol. The van der Waals surface area contributed by atoms with Crippen LogP contribution in [-0.4, -0.2) is 19.6 Å². The van der Waals surface area contributed by atoms with Crippen molar-refractivity contribution >= 4 is 43.7 Å². The van der Waals surface area contributed by atoms with Gasteiger partial charge in [0.15, 0.2) is 0 Å². The van der Waals surface area contributed by atoms with Crippen LogP contribution in [0, 0.1) is 6.07 Å². The molecule has 350 valence electrons. The molecule has 0 saturated carbocycles. The standard InChI is InChI=1S/C64H56N3O2.Pt/c1-62(2,3)44-28-29-54(48(36-44)40-21-14-11-15-22-40)67-55-26-18-25-47(58(55)66-61(67)51-37-45(63(4,5)6)38-52(59(51)68)64(7,8)9)43-33-49(53-35-42(31-32-65-53)39-19-12-10-13-20-39)60-50(34-43)57-46-24-17-16-23-41(46)27-30-56(57)69-60;/h10-32,34-38,68H,1-9H3;/q-1;. The van der Waals surface area contributed by atoms with Crippen molar-refractivity contribution in [3.63, 3.8) is 0 Å². The number of hydrogen-bond acceptors (Lipinski definition) is 4. The maximum Gasteiger partial charge on any atom is 0.148 e. The number of aromatic nitrogens is 3. The summed E-state index contributed by atoms with van der Waals surface area (Å²) < 4.78 is 9.14. The average molecular weight is 1090 g/mol. The van der Waals surface area contributed by atoms with Crippen LogP contribution in [0.15, 0.2) is 174 Å². The molecule has 5 nitrogen and oxygen atoms in total. The molecule has 0 saturated heterocycles. The van der Waals surface area contributed by atoms with Crippen LogP contribution in [0.3, 0.4) is 0 Å². The Morgan fingerprint density at radius 3 is 1.96 bits per heavy atom. The number of phenolic OH excluding ortho intramolecular Hbond substituents is 1. The Bertz CT molecular complexity index is 3790. The Hall–Kier alpha value is -7.07. The summed E-state index contributed by atoms with van der Waals surface area (Å²) in [7, 11) is 0. The summed E-state index contributed by atoms with van der Waals surface area (Å²) in [6.07, 6.45) is 1.87. The molecule has 70 heavy (non-hydrogen) atoms. The predicted molar refractivity (Wildman–Crippen MR) is 287 cm³/mol. The van der Waals surface area contributed by atoms with E-state index in [-0.39, 0.29) is 43.1 Å². The van der Waals surface area contributed by atoms with E-state index in [0.717, 1.165) is 105 Å². The fourth-order valence-corrected chi connectivity index (χ4v) is 9.89. The van der Waals surface area contributed by atoms with E-state index in [2.05, 4.69) is 225 Å². The second kappa shape index (κ2) is 17.4. The molecule has 0 fully saturated rings. The minimum absolute atomic E-state index is 0. The van der Waals surface area contributed by atoms with Crippen molar-refractivity contribution in [2.75, 3.05) is 0 Å². The predicted octanol–water partition coefficient (Wildman–Crippen LogP) is 17.2. The number of furan rings is 1. The Morgan fingerprint density at radius 1 is 0.557 bits per heavy atom. The third-order valence-corrected chi connectivity index (χ3v) is 13.7. The van der Waals surface area contributed by atoms with Gasteiger partial charge in [0.2, 0.25) is 0 Å². The number of benzene rings is 8. The first-order chi connectivity index (χ1) is 33.0. The fraction of sp³-hybridized carbons (Fsp3) is 0.188. The van der Waals surface area contributed by atoms with Crippen LogP contribution in [0.25, 0.3) is 105 Å². The molecule has 6 heteroatoms. The summed E-state index contributed by atoms with van der Waals surface area (Å²) in [5.74, 6) is 0.892. The number of para-hydroxylation sites is 1. The number of aromatic hydroxyl groups is 1. The summed E-state index contributed by atoms with van der Waals surface area (Å²) >= 11 is 0. The summed E-state index contributed by atoms with van der Waals surface area (Å²) in [6.45, 7) is 19.9. The third-order valence-electron chi connectivity index (χ3n) is 13.7. The van der Waals surface area contributed by atoms with E-state index in [1.54, 1.807) is 0 Å². The zero-order valence-corrected chi connectivity index (χ0v) is 43.5. The number of rotatable bonds is 6. The Morgan fingerprint density at radius 2 is 1.24 bits per heavy atom. The summed E-state index contributed by atoms with van der Waals surface area (Å²) in [4.78, 5) is 10.7. The van der Waals surface area contributed by atoms with Crippen LogP contribution in [0.5, 0.6) is 5.75 Å². The van der Waals surface area contributed by atoms with Gasteiger partial charge < -0.3 is 9.52 Å². The fourth-order valence-electron chi connectivity index (χ4n) is 9.89. The van der Waals surface area contributed by atoms with Gasteiger partial charge in [-0.15, -0.1) is 17.7 Å². The van der Waals surface area contributed by atoms with Gasteiger partial charge in [-0.3, -0.25) is 9.55 Å². The number of phenols is 1. The van der Waals surface area contributed by atoms with E-state index in [1.807, 2.05) is 18.3 Å². The minimum atomic E-state index is -0.351. The van der Waals surface area contributed by atoms with Gasteiger partial charge >= 0.3 is 0 Å². The normalized spacial score (nSPS) is 12.3. The van der Waals surface area contributed by atoms with Crippen LogP contribution >= 0.6 is 0 Å². The third kappa shape index (κ3) is 8.14. The van der Waals surface area contributed by atoms with E-state index in [1.165, 1.54) is 5.56 Å². The first-order valence-electron chi connectivity index (χ1n) is 24.0. The maximum absolute atomic E-state index is 12.7. The molecule has 0 radical (unpaired) electrons. The van der Waals surface area contributed by atoms with Gasteiger partial charge in [-0.2, -0.15) is 0 Å². The molecule has 0 atom stereocenters. The van der Waals surface area contributed by atoms with Gasteiger partial charge in [-0.25, -0.2) is 4.98 Å². The van der Waals surface area contributed by atoms with Gasteiger partial charge in [0.1, 0.15) is 17.2 Å². The molecule has 0 unspecified atom stereocenters. The first-order valence-corrected chi connectivity index (χ1v) is 24.0. The van der Waals surface area contributed by atoms with E-state index in [0.29, 0.717) is 11.4 Å². The summed E-state index contributed by atoms with van der Waals surface area (Å²) in [6, 6.07) is 61.5. The van der Waals surface area contributed by atoms with Gasteiger partial charge in [-0.1, -0.05) is 195 Å². The molecular weight excluding hydrogens is 1040 g/mol. The van der Waals surface area contributed by atoms with Crippen molar-refractivity contribution < 1.29 is 30.6 Å². The molecule has 0 aliphatic heterocycles. The van der Waals surface area contributed by atoms with Gasteiger partial charge in [-0.05, 0) is 96.6 Å². The number of pyridine rings is 1. The number of imidazole rings is 1. The van der Waals surface area contributed by atoms with Crippen molar-refractivity contribution in [3.05, 3.63) is 193 Å². The minimum Gasteiger partial charge on any atom is -0.507 e. The van der Waals surface area contributed by atoms with Crippen LogP contribution in [0.1, 0.15) is 79.0 Å². The SMILES string of the molecule is CC(C)(C)c1ccc(-n2c(-c3cc(C(C)(C)C)cc(C(C)(C)C)c3O)nc3c(-c4[c-]c(-c5cc(-c6ccccc6)ccn5)c5oc6ccc7ccccc7c6c5c4)cccc32)c(-c2ccccc2)c1.[Pt]. The molecule has 0 aliphatic carbocycles. The van der Waals surface area contributed by atoms with E-state index in [9.17, 15) is 5.11 Å². The van der Waals surface area contributed by atoms with Crippen LogP contribution in [0.2, 0.25) is 0 Å². The molecule has 1 N–H and O–H groups in total. The molecule has 11 rings (SSSR count). The van der Waals surface area contributed by atoms with Crippen molar-refractivity contribution in [3.8, 4) is 67.5 Å². The van der Waals surface area contributed by atoms with Crippen molar-refractivity contribution in [2.24, 2.45) is 0 Å². The summed E-state index contributed by atoms with van der Waals surface area (Å²) in [5.41, 5.74) is 15.1. The second-order valence-electron chi connectivity index (χ2n) is 21.6. The van der Waals surface area contributed by atoms with E-state index >= 15 is 0 Å². The zero-order valence-electron chi connectivity index (χ0n) is 41.2. The van der Waals surface area contributed by atoms with Gasteiger partial charge in [0, 0.05) is 49.5 Å². The number of nitrogens with zero attached hydrogens (tertiary/aromatic N) is 3. The topological polar surface area (TPSA) is 64.1 Å². The number of hydrogen-bond donors (Lipinski definition) is 1. The number of fused-ring (bicyclic) bond motifs is 6. The Labute approximate surface area is 425 Å². The van der Waals surface area contributed by atoms with Crippen molar-refractivity contribution in [1.82, 2.24) is 14.5 Å². The smallest absolute Gasteiger partial charge is 0.148 e. The first kappa shape index (κ1) is 46.6. The summed E-state index contributed by atoms with van der Waals surface area (Å²) in [5, 5.41) is 16.9. The van der Waals surface area contributed by atoms with Crippen LogP contribution < -0.4 is 0 Å². The molecule has 8 aromatic carbocycles. The van der Waals surface area contributed by atoms with Crippen molar-refractivity contribution in [2.45, 2.75) is 78.6 Å². The molecular formula is C64H56N3O2Pt-. The molecule has 0 bridgehead atoms. The Kier molecular flexibility index (Phi) is 11.6. The van der Waals surface area contributed by atoms with Crippen LogP contribution in [-0.2, 0) is 37.3 Å².